The zero-order chi connectivity index (χ0) is 19.5. The van der Waals surface area contributed by atoms with Crippen molar-refractivity contribution >= 4 is 21.6 Å². The number of aromatic nitrogens is 1. The Kier molecular flexibility index (Phi) is 5.87. The van der Waals surface area contributed by atoms with Crippen LogP contribution in [0, 0.1) is 13.8 Å². The Hall–Kier alpha value is -2.19. The molecule has 1 aromatic carbocycles. The summed E-state index contributed by atoms with van der Waals surface area (Å²) >= 11 is 0. The van der Waals surface area contributed by atoms with Crippen LogP contribution < -0.4 is 10.0 Å². The summed E-state index contributed by atoms with van der Waals surface area (Å²) in [6.07, 6.45) is 0.761. The smallest absolute Gasteiger partial charge is 0.241 e. The van der Waals surface area contributed by atoms with Crippen molar-refractivity contribution in [1.29, 1.82) is 0 Å². The van der Waals surface area contributed by atoms with E-state index in [0.29, 0.717) is 17.9 Å². The lowest BCUT2D eigenvalue weighted by molar-refractivity contribution is -0.116. The SMILES string of the molecule is Cc1noc(C)c1CCC(=O)Nc1cccc(S(=O)(=O)NC(C)(C)C)c1. The van der Waals surface area contributed by atoms with E-state index in [1.807, 2.05) is 13.8 Å². The van der Waals surface area contributed by atoms with Crippen LogP contribution in [0.3, 0.4) is 0 Å². The molecule has 0 aliphatic rings. The minimum Gasteiger partial charge on any atom is -0.361 e. The first-order chi connectivity index (χ1) is 12.0. The van der Waals surface area contributed by atoms with E-state index in [1.54, 1.807) is 32.9 Å². The summed E-state index contributed by atoms with van der Waals surface area (Å²) in [7, 11) is -3.66. The minimum atomic E-state index is -3.66. The summed E-state index contributed by atoms with van der Waals surface area (Å²) in [4.78, 5) is 12.3. The van der Waals surface area contributed by atoms with Crippen LogP contribution in [0.4, 0.5) is 5.69 Å². The molecule has 0 saturated heterocycles. The number of hydrogen-bond acceptors (Lipinski definition) is 5. The third kappa shape index (κ3) is 5.40. The Labute approximate surface area is 154 Å². The molecule has 0 radical (unpaired) electrons. The van der Waals surface area contributed by atoms with Gasteiger partial charge in [-0.2, -0.15) is 0 Å². The fourth-order valence-corrected chi connectivity index (χ4v) is 3.99. The van der Waals surface area contributed by atoms with Gasteiger partial charge in [0.1, 0.15) is 5.76 Å². The standard InChI is InChI=1S/C18H25N3O4S/c1-12-16(13(2)25-20-12)9-10-17(22)19-14-7-6-8-15(11-14)26(23,24)21-18(3,4)5/h6-8,11,21H,9-10H2,1-5H3,(H,19,22). The monoisotopic (exact) mass is 379 g/mol. The van der Waals surface area contributed by atoms with Gasteiger partial charge in [0.2, 0.25) is 15.9 Å². The fraction of sp³-hybridized carbons (Fsp3) is 0.444. The number of nitrogens with zero attached hydrogens (tertiary/aromatic N) is 1. The average Bonchev–Trinajstić information content (AvgIpc) is 2.82. The number of aryl methyl sites for hydroxylation is 2. The molecule has 2 rings (SSSR count). The number of sulfonamides is 1. The van der Waals surface area contributed by atoms with E-state index in [4.69, 9.17) is 4.52 Å². The summed E-state index contributed by atoms with van der Waals surface area (Å²) in [6.45, 7) is 8.95. The summed E-state index contributed by atoms with van der Waals surface area (Å²) in [5.74, 6) is 0.500. The van der Waals surface area contributed by atoms with Gasteiger partial charge < -0.3 is 9.84 Å². The molecule has 0 spiro atoms. The Morgan fingerprint density at radius 3 is 2.50 bits per heavy atom. The predicted molar refractivity (Wildman–Crippen MR) is 99.4 cm³/mol. The molecule has 1 aromatic heterocycles. The molecule has 7 nitrogen and oxygen atoms in total. The maximum absolute atomic E-state index is 12.4. The Bertz CT molecular complexity index is 876. The van der Waals surface area contributed by atoms with E-state index < -0.39 is 15.6 Å². The van der Waals surface area contributed by atoms with Crippen LogP contribution in [0.25, 0.3) is 0 Å². The molecular weight excluding hydrogens is 354 g/mol. The number of amides is 1. The van der Waals surface area contributed by atoms with Gasteiger partial charge in [-0.05, 0) is 59.2 Å². The molecule has 142 valence electrons. The highest BCUT2D eigenvalue weighted by Crippen LogP contribution is 2.19. The van der Waals surface area contributed by atoms with Crippen LogP contribution in [0.5, 0.6) is 0 Å². The first-order valence-electron chi connectivity index (χ1n) is 8.33. The molecule has 0 atom stereocenters. The Balaban J connectivity index is 2.05. The van der Waals surface area contributed by atoms with Gasteiger partial charge >= 0.3 is 0 Å². The quantitative estimate of drug-likeness (QED) is 0.803. The highest BCUT2D eigenvalue weighted by atomic mass is 32.2. The van der Waals surface area contributed by atoms with Gasteiger partial charge in [-0.3, -0.25) is 4.79 Å². The van der Waals surface area contributed by atoms with Gasteiger partial charge in [0.25, 0.3) is 0 Å². The topological polar surface area (TPSA) is 101 Å². The molecule has 1 amide bonds. The van der Waals surface area contributed by atoms with Crippen LogP contribution >= 0.6 is 0 Å². The number of benzene rings is 1. The number of anilines is 1. The molecule has 0 bridgehead atoms. The third-order valence-electron chi connectivity index (χ3n) is 3.65. The van der Waals surface area contributed by atoms with Crippen molar-refractivity contribution in [1.82, 2.24) is 9.88 Å². The zero-order valence-corrected chi connectivity index (χ0v) is 16.5. The molecule has 0 saturated carbocycles. The lowest BCUT2D eigenvalue weighted by Crippen LogP contribution is -2.40. The van der Waals surface area contributed by atoms with Crippen LogP contribution in [0.15, 0.2) is 33.7 Å². The second-order valence-corrected chi connectivity index (χ2v) is 8.92. The highest BCUT2D eigenvalue weighted by molar-refractivity contribution is 7.89. The van der Waals surface area contributed by atoms with Crippen LogP contribution in [-0.2, 0) is 21.2 Å². The van der Waals surface area contributed by atoms with E-state index in [1.165, 1.54) is 12.1 Å². The van der Waals surface area contributed by atoms with Gasteiger partial charge in [-0.25, -0.2) is 13.1 Å². The van der Waals surface area contributed by atoms with E-state index in [-0.39, 0.29) is 17.2 Å². The molecular formula is C18H25N3O4S. The number of carbonyl (C=O) groups excluding carboxylic acids is 1. The van der Waals surface area contributed by atoms with Crippen molar-refractivity contribution in [3.05, 3.63) is 41.3 Å². The van der Waals surface area contributed by atoms with E-state index >= 15 is 0 Å². The van der Waals surface area contributed by atoms with Crippen molar-refractivity contribution < 1.29 is 17.7 Å². The molecule has 0 unspecified atom stereocenters. The van der Waals surface area contributed by atoms with E-state index in [9.17, 15) is 13.2 Å². The maximum Gasteiger partial charge on any atom is 0.241 e. The Morgan fingerprint density at radius 1 is 1.23 bits per heavy atom. The maximum atomic E-state index is 12.4. The molecule has 0 fully saturated rings. The highest BCUT2D eigenvalue weighted by Gasteiger charge is 2.22. The molecule has 0 aliphatic carbocycles. The zero-order valence-electron chi connectivity index (χ0n) is 15.7. The normalized spacial score (nSPS) is 12.2. The molecule has 2 aromatic rings. The van der Waals surface area contributed by atoms with Crippen molar-refractivity contribution in [2.75, 3.05) is 5.32 Å². The number of nitrogens with one attached hydrogen (secondary N) is 2. The van der Waals surface area contributed by atoms with Gasteiger partial charge in [0, 0.05) is 23.2 Å². The van der Waals surface area contributed by atoms with E-state index in [2.05, 4.69) is 15.2 Å². The Morgan fingerprint density at radius 2 is 1.92 bits per heavy atom. The number of carbonyl (C=O) groups is 1. The van der Waals surface area contributed by atoms with Crippen molar-refractivity contribution in [3.63, 3.8) is 0 Å². The van der Waals surface area contributed by atoms with Crippen LogP contribution in [0.1, 0.15) is 44.2 Å². The summed E-state index contributed by atoms with van der Waals surface area (Å²) in [5, 5.41) is 6.60. The lowest BCUT2D eigenvalue weighted by Gasteiger charge is -2.20. The molecule has 8 heteroatoms. The molecule has 2 N–H and O–H groups in total. The van der Waals surface area contributed by atoms with Gasteiger partial charge in [0.05, 0.1) is 10.6 Å². The average molecular weight is 379 g/mol. The molecule has 1 heterocycles. The second kappa shape index (κ2) is 7.59. The molecule has 26 heavy (non-hydrogen) atoms. The number of rotatable bonds is 6. The second-order valence-electron chi connectivity index (χ2n) is 7.23. The van der Waals surface area contributed by atoms with Gasteiger partial charge in [-0.15, -0.1) is 0 Å². The summed E-state index contributed by atoms with van der Waals surface area (Å²) in [5.41, 5.74) is 1.54. The third-order valence-corrected chi connectivity index (χ3v) is 5.41. The van der Waals surface area contributed by atoms with Crippen molar-refractivity contribution in [2.45, 2.75) is 57.9 Å². The summed E-state index contributed by atoms with van der Waals surface area (Å²) in [6, 6.07) is 6.19. The number of hydrogen-bond donors (Lipinski definition) is 2. The summed E-state index contributed by atoms with van der Waals surface area (Å²) < 4.78 is 32.5. The van der Waals surface area contributed by atoms with Crippen LogP contribution in [-0.4, -0.2) is 25.0 Å². The fourth-order valence-electron chi connectivity index (χ4n) is 2.52. The van der Waals surface area contributed by atoms with Crippen molar-refractivity contribution in [3.8, 4) is 0 Å². The van der Waals surface area contributed by atoms with E-state index in [0.717, 1.165) is 11.3 Å². The van der Waals surface area contributed by atoms with Gasteiger partial charge in [-0.1, -0.05) is 11.2 Å². The molecule has 0 aliphatic heterocycles. The predicted octanol–water partition coefficient (Wildman–Crippen LogP) is 2.94. The van der Waals surface area contributed by atoms with Crippen LogP contribution in [0.2, 0.25) is 0 Å². The first kappa shape index (κ1) is 20.1. The van der Waals surface area contributed by atoms with Crippen molar-refractivity contribution in [2.24, 2.45) is 0 Å². The lowest BCUT2D eigenvalue weighted by atomic mass is 10.1. The first-order valence-corrected chi connectivity index (χ1v) is 9.82. The minimum absolute atomic E-state index is 0.107. The van der Waals surface area contributed by atoms with Gasteiger partial charge in [0.15, 0.2) is 0 Å². The largest absolute Gasteiger partial charge is 0.361 e.